The van der Waals surface area contributed by atoms with Crippen LogP contribution in [0.3, 0.4) is 0 Å². The van der Waals surface area contributed by atoms with Gasteiger partial charge >= 0.3 is 0 Å². The standard InChI is InChI=1S/C14H18N4O2/c19-14(12-2-9-20-11-12)18-6-1-5-17(7-8-18)10-13-15-3-4-16-13/h2-4,9,11H,1,5-8,10H2,(H,15,16). The van der Waals surface area contributed by atoms with Gasteiger partial charge in [-0.15, -0.1) is 0 Å². The number of rotatable bonds is 3. The summed E-state index contributed by atoms with van der Waals surface area (Å²) in [6.45, 7) is 4.18. The molecular formula is C14H18N4O2. The predicted molar refractivity (Wildman–Crippen MR) is 73.1 cm³/mol. The summed E-state index contributed by atoms with van der Waals surface area (Å²) < 4.78 is 4.98. The minimum absolute atomic E-state index is 0.0543. The highest BCUT2D eigenvalue weighted by molar-refractivity contribution is 5.93. The number of amides is 1. The zero-order chi connectivity index (χ0) is 13.8. The molecule has 2 aromatic heterocycles. The normalized spacial score (nSPS) is 17.1. The molecule has 1 aliphatic heterocycles. The van der Waals surface area contributed by atoms with Crippen molar-refractivity contribution in [1.29, 1.82) is 0 Å². The minimum Gasteiger partial charge on any atom is -0.472 e. The molecule has 3 heterocycles. The molecule has 2 aromatic rings. The van der Waals surface area contributed by atoms with Crippen LogP contribution >= 0.6 is 0 Å². The first-order chi connectivity index (χ1) is 9.83. The molecule has 1 aliphatic rings. The topological polar surface area (TPSA) is 65.4 Å². The first kappa shape index (κ1) is 12.9. The molecule has 6 nitrogen and oxygen atoms in total. The molecular weight excluding hydrogens is 256 g/mol. The molecule has 1 N–H and O–H groups in total. The third kappa shape index (κ3) is 2.91. The van der Waals surface area contributed by atoms with E-state index in [1.807, 2.05) is 11.1 Å². The third-order valence-corrected chi connectivity index (χ3v) is 3.57. The number of aromatic nitrogens is 2. The Bertz CT molecular complexity index is 536. The Balaban J connectivity index is 1.58. The average molecular weight is 274 g/mol. The van der Waals surface area contributed by atoms with Gasteiger partial charge in [0.2, 0.25) is 0 Å². The summed E-state index contributed by atoms with van der Waals surface area (Å²) in [4.78, 5) is 23.8. The van der Waals surface area contributed by atoms with E-state index >= 15 is 0 Å². The van der Waals surface area contributed by atoms with E-state index in [-0.39, 0.29) is 5.91 Å². The predicted octanol–water partition coefficient (Wildman–Crippen LogP) is 1.35. The van der Waals surface area contributed by atoms with Gasteiger partial charge in [0.1, 0.15) is 12.1 Å². The number of carbonyl (C=O) groups is 1. The van der Waals surface area contributed by atoms with Gasteiger partial charge in [0, 0.05) is 38.6 Å². The maximum Gasteiger partial charge on any atom is 0.257 e. The van der Waals surface area contributed by atoms with Crippen molar-refractivity contribution in [1.82, 2.24) is 19.8 Å². The molecule has 1 amide bonds. The van der Waals surface area contributed by atoms with Gasteiger partial charge in [0.05, 0.1) is 18.4 Å². The van der Waals surface area contributed by atoms with E-state index in [1.54, 1.807) is 12.3 Å². The molecule has 0 aromatic carbocycles. The van der Waals surface area contributed by atoms with Crippen LogP contribution in [0.5, 0.6) is 0 Å². The quantitative estimate of drug-likeness (QED) is 0.917. The second kappa shape index (κ2) is 5.92. The Morgan fingerprint density at radius 3 is 3.05 bits per heavy atom. The summed E-state index contributed by atoms with van der Waals surface area (Å²) in [6.07, 6.45) is 7.62. The number of hydrogen-bond acceptors (Lipinski definition) is 4. The van der Waals surface area contributed by atoms with Gasteiger partial charge in [-0.1, -0.05) is 0 Å². The lowest BCUT2D eigenvalue weighted by Crippen LogP contribution is -2.35. The van der Waals surface area contributed by atoms with Gasteiger partial charge in [-0.25, -0.2) is 4.98 Å². The minimum atomic E-state index is 0.0543. The SMILES string of the molecule is O=C(c1ccoc1)N1CCCN(Cc2ncc[nH]2)CC1. The maximum atomic E-state index is 12.3. The second-order valence-corrected chi connectivity index (χ2v) is 4.97. The van der Waals surface area contributed by atoms with Gasteiger partial charge in [-0.2, -0.15) is 0 Å². The highest BCUT2D eigenvalue weighted by Crippen LogP contribution is 2.11. The Labute approximate surface area is 117 Å². The molecule has 3 rings (SSSR count). The zero-order valence-corrected chi connectivity index (χ0v) is 11.3. The first-order valence-corrected chi connectivity index (χ1v) is 6.85. The van der Waals surface area contributed by atoms with Crippen molar-refractivity contribution < 1.29 is 9.21 Å². The number of nitrogens with zero attached hydrogens (tertiary/aromatic N) is 3. The van der Waals surface area contributed by atoms with E-state index in [4.69, 9.17) is 4.42 Å². The number of imidazole rings is 1. The zero-order valence-electron chi connectivity index (χ0n) is 11.3. The summed E-state index contributed by atoms with van der Waals surface area (Å²) in [5.74, 6) is 1.03. The molecule has 0 bridgehead atoms. The van der Waals surface area contributed by atoms with Crippen LogP contribution in [0.4, 0.5) is 0 Å². The monoisotopic (exact) mass is 274 g/mol. The van der Waals surface area contributed by atoms with Crippen molar-refractivity contribution in [3.05, 3.63) is 42.4 Å². The second-order valence-electron chi connectivity index (χ2n) is 4.97. The molecule has 0 saturated carbocycles. The van der Waals surface area contributed by atoms with Crippen molar-refractivity contribution in [3.8, 4) is 0 Å². The van der Waals surface area contributed by atoms with E-state index in [0.717, 1.165) is 45.0 Å². The third-order valence-electron chi connectivity index (χ3n) is 3.57. The Morgan fingerprint density at radius 1 is 1.35 bits per heavy atom. The van der Waals surface area contributed by atoms with Crippen LogP contribution in [0.15, 0.2) is 35.4 Å². The fraction of sp³-hybridized carbons (Fsp3) is 0.429. The van der Waals surface area contributed by atoms with Crippen LogP contribution < -0.4 is 0 Å². The van der Waals surface area contributed by atoms with E-state index < -0.39 is 0 Å². The van der Waals surface area contributed by atoms with Crippen molar-refractivity contribution in [3.63, 3.8) is 0 Å². The van der Waals surface area contributed by atoms with E-state index in [9.17, 15) is 4.79 Å². The molecule has 0 radical (unpaired) electrons. The van der Waals surface area contributed by atoms with Crippen LogP contribution in [-0.4, -0.2) is 51.9 Å². The van der Waals surface area contributed by atoms with Gasteiger partial charge in [0.15, 0.2) is 0 Å². The number of furan rings is 1. The average Bonchev–Trinajstić information content (AvgIpc) is 3.10. The largest absolute Gasteiger partial charge is 0.472 e. The van der Waals surface area contributed by atoms with Gasteiger partial charge in [-0.05, 0) is 12.5 Å². The summed E-state index contributed by atoms with van der Waals surface area (Å²) >= 11 is 0. The van der Waals surface area contributed by atoms with Crippen LogP contribution in [0.1, 0.15) is 22.6 Å². The lowest BCUT2D eigenvalue weighted by atomic mass is 10.3. The molecule has 20 heavy (non-hydrogen) atoms. The highest BCUT2D eigenvalue weighted by atomic mass is 16.3. The van der Waals surface area contributed by atoms with Gasteiger partial charge in [0.25, 0.3) is 5.91 Å². The number of carbonyl (C=O) groups excluding carboxylic acids is 1. The van der Waals surface area contributed by atoms with E-state index in [1.165, 1.54) is 12.5 Å². The molecule has 1 fully saturated rings. The molecule has 0 atom stereocenters. The van der Waals surface area contributed by atoms with Crippen LogP contribution in [0, 0.1) is 0 Å². The van der Waals surface area contributed by atoms with Crippen molar-refractivity contribution in [2.75, 3.05) is 26.2 Å². The summed E-state index contributed by atoms with van der Waals surface area (Å²) in [5.41, 5.74) is 0.629. The number of hydrogen-bond donors (Lipinski definition) is 1. The number of aromatic amines is 1. The summed E-state index contributed by atoms with van der Waals surface area (Å²) in [6, 6.07) is 1.72. The molecule has 0 unspecified atom stereocenters. The van der Waals surface area contributed by atoms with Gasteiger partial charge < -0.3 is 14.3 Å². The van der Waals surface area contributed by atoms with Crippen LogP contribution in [0.2, 0.25) is 0 Å². The Kier molecular flexibility index (Phi) is 3.83. The smallest absolute Gasteiger partial charge is 0.257 e. The molecule has 1 saturated heterocycles. The van der Waals surface area contributed by atoms with Crippen molar-refractivity contribution in [2.45, 2.75) is 13.0 Å². The first-order valence-electron chi connectivity index (χ1n) is 6.85. The molecule has 0 aliphatic carbocycles. The maximum absolute atomic E-state index is 12.3. The van der Waals surface area contributed by atoms with E-state index in [0.29, 0.717) is 5.56 Å². The highest BCUT2D eigenvalue weighted by Gasteiger charge is 2.21. The Hall–Kier alpha value is -2.08. The summed E-state index contributed by atoms with van der Waals surface area (Å²) in [5, 5.41) is 0. The van der Waals surface area contributed by atoms with Crippen LogP contribution in [0.25, 0.3) is 0 Å². The van der Waals surface area contributed by atoms with Crippen molar-refractivity contribution >= 4 is 5.91 Å². The fourth-order valence-electron chi connectivity index (χ4n) is 2.50. The van der Waals surface area contributed by atoms with Gasteiger partial charge in [-0.3, -0.25) is 9.69 Å². The number of H-pyrrole nitrogens is 1. The van der Waals surface area contributed by atoms with E-state index in [2.05, 4.69) is 14.9 Å². The number of nitrogens with one attached hydrogen (secondary N) is 1. The fourth-order valence-corrected chi connectivity index (χ4v) is 2.50. The van der Waals surface area contributed by atoms with Crippen molar-refractivity contribution in [2.24, 2.45) is 0 Å². The molecule has 0 spiro atoms. The summed E-state index contributed by atoms with van der Waals surface area (Å²) in [7, 11) is 0. The lowest BCUT2D eigenvalue weighted by Gasteiger charge is -2.21. The molecule has 6 heteroatoms. The lowest BCUT2D eigenvalue weighted by molar-refractivity contribution is 0.0760. The Morgan fingerprint density at radius 2 is 2.30 bits per heavy atom. The molecule has 106 valence electrons. The van der Waals surface area contributed by atoms with Crippen LogP contribution in [-0.2, 0) is 6.54 Å².